The van der Waals surface area contributed by atoms with Crippen molar-refractivity contribution in [3.8, 4) is 16.8 Å². The normalized spacial score (nSPS) is 12.0. The zero-order chi connectivity index (χ0) is 28.9. The van der Waals surface area contributed by atoms with Gasteiger partial charge in [-0.05, 0) is 73.4 Å². The number of carbonyl (C=O) groups is 1. The average Bonchev–Trinajstić information content (AvgIpc) is 3.35. The maximum absolute atomic E-state index is 13.4. The van der Waals surface area contributed by atoms with Crippen LogP contribution >= 0.6 is 0 Å². The van der Waals surface area contributed by atoms with Gasteiger partial charge < -0.3 is 20.6 Å². The molecular formula is C33H30N4O4. The molecule has 0 bridgehead atoms. The van der Waals surface area contributed by atoms with Crippen LogP contribution in [0.25, 0.3) is 49.5 Å². The van der Waals surface area contributed by atoms with Crippen molar-refractivity contribution in [2.75, 3.05) is 13.2 Å². The summed E-state index contributed by atoms with van der Waals surface area (Å²) in [6.07, 6.45) is 1.57. The SMILES string of the molecule is Cc1c(-c2ccc(C(N)=O)c3[nH]c4cc(C(C)(C)OCCO)ccc4c23)cccc1-n1cnc2ccccc2c1=O. The molecule has 0 atom stereocenters. The van der Waals surface area contributed by atoms with Crippen LogP contribution in [0.15, 0.2) is 83.9 Å². The minimum Gasteiger partial charge on any atom is -0.394 e. The van der Waals surface area contributed by atoms with Gasteiger partial charge in [0.2, 0.25) is 0 Å². The Kier molecular flexibility index (Phi) is 6.44. The highest BCUT2D eigenvalue weighted by molar-refractivity contribution is 6.20. The zero-order valence-corrected chi connectivity index (χ0v) is 23.1. The first kappa shape index (κ1) is 26.4. The lowest BCUT2D eigenvalue weighted by atomic mass is 9.92. The third-order valence-corrected chi connectivity index (χ3v) is 7.79. The maximum Gasteiger partial charge on any atom is 0.265 e. The second-order valence-corrected chi connectivity index (χ2v) is 10.6. The van der Waals surface area contributed by atoms with Crippen molar-refractivity contribution in [1.82, 2.24) is 14.5 Å². The molecule has 2 heterocycles. The van der Waals surface area contributed by atoms with Gasteiger partial charge in [-0.25, -0.2) is 4.98 Å². The first-order valence-corrected chi connectivity index (χ1v) is 13.4. The predicted molar refractivity (Wildman–Crippen MR) is 161 cm³/mol. The van der Waals surface area contributed by atoms with Gasteiger partial charge in [0.05, 0.1) is 46.5 Å². The highest BCUT2D eigenvalue weighted by Crippen LogP contribution is 2.40. The van der Waals surface area contributed by atoms with E-state index in [1.165, 1.54) is 0 Å². The molecule has 0 saturated carbocycles. The van der Waals surface area contributed by atoms with E-state index < -0.39 is 11.5 Å². The number of aromatic amines is 1. The molecule has 0 saturated heterocycles. The van der Waals surface area contributed by atoms with E-state index >= 15 is 0 Å². The van der Waals surface area contributed by atoms with Crippen LogP contribution in [-0.4, -0.2) is 38.8 Å². The minimum atomic E-state index is -0.629. The Balaban J connectivity index is 1.58. The molecule has 0 spiro atoms. The van der Waals surface area contributed by atoms with Gasteiger partial charge in [-0.1, -0.05) is 42.5 Å². The summed E-state index contributed by atoms with van der Waals surface area (Å²) < 4.78 is 7.45. The fraction of sp³-hybridized carbons (Fsp3) is 0.182. The van der Waals surface area contributed by atoms with Crippen LogP contribution in [0.2, 0.25) is 0 Å². The molecule has 0 aliphatic rings. The largest absolute Gasteiger partial charge is 0.394 e. The molecule has 8 nitrogen and oxygen atoms in total. The van der Waals surface area contributed by atoms with Gasteiger partial charge in [-0.15, -0.1) is 0 Å². The molecular weight excluding hydrogens is 516 g/mol. The second kappa shape index (κ2) is 9.99. The quantitative estimate of drug-likeness (QED) is 0.249. The molecule has 6 aromatic rings. The topological polar surface area (TPSA) is 123 Å². The number of hydrogen-bond donors (Lipinski definition) is 3. The third kappa shape index (κ3) is 4.38. The Morgan fingerprint density at radius 1 is 1.02 bits per heavy atom. The molecule has 0 radical (unpaired) electrons. The van der Waals surface area contributed by atoms with Gasteiger partial charge in [-0.2, -0.15) is 0 Å². The van der Waals surface area contributed by atoms with Gasteiger partial charge in [0.15, 0.2) is 0 Å². The fourth-order valence-electron chi connectivity index (χ4n) is 5.62. The molecule has 8 heteroatoms. The Morgan fingerprint density at radius 3 is 2.61 bits per heavy atom. The van der Waals surface area contributed by atoms with Crippen LogP contribution in [-0.2, 0) is 10.3 Å². The molecule has 4 aromatic carbocycles. The number of benzene rings is 4. The summed E-state index contributed by atoms with van der Waals surface area (Å²) in [5.74, 6) is -0.529. The number of primary amides is 1. The molecule has 1 amide bonds. The van der Waals surface area contributed by atoms with E-state index in [1.807, 2.05) is 81.4 Å². The number of aliphatic hydroxyl groups is 1. The molecule has 2 aromatic heterocycles. The van der Waals surface area contributed by atoms with Crippen molar-refractivity contribution in [2.45, 2.75) is 26.4 Å². The third-order valence-electron chi connectivity index (χ3n) is 7.79. The lowest BCUT2D eigenvalue weighted by Crippen LogP contribution is -2.23. The van der Waals surface area contributed by atoms with Gasteiger partial charge in [-0.3, -0.25) is 14.2 Å². The number of H-pyrrole nitrogens is 1. The van der Waals surface area contributed by atoms with Gasteiger partial charge in [0.1, 0.15) is 6.33 Å². The number of aromatic nitrogens is 3. The number of nitrogens with one attached hydrogen (secondary N) is 1. The number of ether oxygens (including phenoxy) is 1. The summed E-state index contributed by atoms with van der Waals surface area (Å²) in [4.78, 5) is 33.8. The first-order valence-electron chi connectivity index (χ1n) is 13.4. The molecule has 0 unspecified atom stereocenters. The van der Waals surface area contributed by atoms with Crippen molar-refractivity contribution in [2.24, 2.45) is 5.73 Å². The van der Waals surface area contributed by atoms with E-state index in [0.717, 1.165) is 44.2 Å². The summed E-state index contributed by atoms with van der Waals surface area (Å²) in [6, 6.07) is 22.8. The van der Waals surface area contributed by atoms with E-state index in [4.69, 9.17) is 10.5 Å². The van der Waals surface area contributed by atoms with E-state index in [-0.39, 0.29) is 18.8 Å². The van der Waals surface area contributed by atoms with Crippen LogP contribution in [0.5, 0.6) is 0 Å². The van der Waals surface area contributed by atoms with Crippen LogP contribution < -0.4 is 11.3 Å². The highest BCUT2D eigenvalue weighted by Gasteiger charge is 2.24. The summed E-state index contributed by atoms with van der Waals surface area (Å²) in [5.41, 5.74) is 11.9. The zero-order valence-electron chi connectivity index (χ0n) is 23.1. The standard InChI is InChI=1S/C33H30N4O4/c1-19-21(8-6-10-28(19)37-18-35-26-9-5-4-7-24(26)32(37)40)22-13-14-25(31(34)39)30-29(22)23-12-11-20(17-27(23)36-30)33(2,3)41-16-15-38/h4-14,17-18,36,38H,15-16H2,1-3H3,(H2,34,39). The van der Waals surface area contributed by atoms with Gasteiger partial charge >= 0.3 is 0 Å². The van der Waals surface area contributed by atoms with E-state index in [1.54, 1.807) is 23.0 Å². The average molecular weight is 547 g/mol. The van der Waals surface area contributed by atoms with E-state index in [2.05, 4.69) is 9.97 Å². The Morgan fingerprint density at radius 2 is 1.83 bits per heavy atom. The van der Waals surface area contributed by atoms with Crippen LogP contribution in [0, 0.1) is 6.92 Å². The van der Waals surface area contributed by atoms with E-state index in [0.29, 0.717) is 22.0 Å². The number of nitrogens with zero attached hydrogens (tertiary/aromatic N) is 2. The van der Waals surface area contributed by atoms with Crippen molar-refractivity contribution in [3.63, 3.8) is 0 Å². The highest BCUT2D eigenvalue weighted by atomic mass is 16.5. The van der Waals surface area contributed by atoms with Crippen molar-refractivity contribution < 1.29 is 14.6 Å². The summed E-state index contributed by atoms with van der Waals surface area (Å²) in [6.45, 7) is 6.03. The van der Waals surface area contributed by atoms with Crippen molar-refractivity contribution in [3.05, 3.63) is 106 Å². The number of nitrogens with two attached hydrogens (primary N) is 1. The smallest absolute Gasteiger partial charge is 0.265 e. The molecule has 206 valence electrons. The number of aliphatic hydroxyl groups excluding tert-OH is 1. The predicted octanol–water partition coefficient (Wildman–Crippen LogP) is 5.34. The number of hydrogen-bond acceptors (Lipinski definition) is 5. The number of carbonyl (C=O) groups excluding carboxylic acids is 1. The monoisotopic (exact) mass is 546 g/mol. The fourth-order valence-corrected chi connectivity index (χ4v) is 5.62. The number of para-hydroxylation sites is 1. The lowest BCUT2D eigenvalue weighted by Gasteiger charge is -2.25. The molecule has 0 fully saturated rings. The number of rotatable bonds is 7. The molecule has 0 aliphatic heterocycles. The summed E-state index contributed by atoms with van der Waals surface area (Å²) in [5, 5.41) is 11.6. The Bertz CT molecular complexity index is 2040. The number of amides is 1. The van der Waals surface area contributed by atoms with Gasteiger partial charge in [0.25, 0.3) is 11.5 Å². The Labute approximate surface area is 236 Å². The van der Waals surface area contributed by atoms with Crippen LogP contribution in [0.1, 0.15) is 35.3 Å². The van der Waals surface area contributed by atoms with Gasteiger partial charge in [0, 0.05) is 16.3 Å². The Hall–Kier alpha value is -4.79. The molecule has 6 rings (SSSR count). The lowest BCUT2D eigenvalue weighted by molar-refractivity contribution is -0.0369. The second-order valence-electron chi connectivity index (χ2n) is 10.6. The maximum atomic E-state index is 13.4. The first-order chi connectivity index (χ1) is 19.7. The minimum absolute atomic E-state index is 0.0663. The van der Waals surface area contributed by atoms with E-state index in [9.17, 15) is 14.7 Å². The van der Waals surface area contributed by atoms with Crippen LogP contribution in [0.3, 0.4) is 0 Å². The van der Waals surface area contributed by atoms with Crippen LogP contribution in [0.4, 0.5) is 0 Å². The molecule has 41 heavy (non-hydrogen) atoms. The molecule has 0 aliphatic carbocycles. The number of fused-ring (bicyclic) bond motifs is 4. The summed E-state index contributed by atoms with van der Waals surface area (Å²) >= 11 is 0. The summed E-state index contributed by atoms with van der Waals surface area (Å²) in [7, 11) is 0. The van der Waals surface area contributed by atoms with Crippen molar-refractivity contribution in [1.29, 1.82) is 0 Å². The van der Waals surface area contributed by atoms with Crippen molar-refractivity contribution >= 4 is 38.6 Å². The molecule has 4 N–H and O–H groups in total.